The Bertz CT molecular complexity index is 1220. The molecule has 6 nitrogen and oxygen atoms in total. The highest BCUT2D eigenvalue weighted by Gasteiger charge is 2.25. The van der Waals surface area contributed by atoms with Gasteiger partial charge in [0, 0.05) is 41.9 Å². The molecule has 7 heteroatoms. The average Bonchev–Trinajstić information content (AvgIpc) is 3.12. The van der Waals surface area contributed by atoms with E-state index in [1.165, 1.54) is 0 Å². The summed E-state index contributed by atoms with van der Waals surface area (Å²) >= 11 is 0. The van der Waals surface area contributed by atoms with Gasteiger partial charge in [0.1, 0.15) is 5.75 Å². The summed E-state index contributed by atoms with van der Waals surface area (Å²) in [5, 5.41) is 0. The second-order valence-corrected chi connectivity index (χ2v) is 10.2. The van der Waals surface area contributed by atoms with Crippen LogP contribution >= 0.6 is 0 Å². The lowest BCUT2D eigenvalue weighted by molar-refractivity contribution is 0.340. The van der Waals surface area contributed by atoms with E-state index >= 15 is 0 Å². The molecule has 4 rings (SSSR count). The van der Waals surface area contributed by atoms with Gasteiger partial charge in [-0.3, -0.25) is 4.99 Å². The number of hydrogen-bond acceptors (Lipinski definition) is 4. The van der Waals surface area contributed by atoms with Crippen molar-refractivity contribution >= 4 is 21.9 Å². The van der Waals surface area contributed by atoms with Crippen LogP contribution in [-0.4, -0.2) is 43.2 Å². The summed E-state index contributed by atoms with van der Waals surface area (Å²) in [4.78, 5) is 4.92. The van der Waals surface area contributed by atoms with E-state index in [0.29, 0.717) is 24.6 Å². The van der Waals surface area contributed by atoms with Crippen molar-refractivity contribution in [3.63, 3.8) is 0 Å². The highest BCUT2D eigenvalue weighted by Crippen LogP contribution is 2.25. The zero-order valence-electron chi connectivity index (χ0n) is 19.5. The Hall–Kier alpha value is -2.90. The van der Waals surface area contributed by atoms with Crippen molar-refractivity contribution in [2.24, 2.45) is 4.99 Å². The molecule has 1 fully saturated rings. The zero-order chi connectivity index (χ0) is 23.4. The highest BCUT2D eigenvalue weighted by molar-refractivity contribution is 7.89. The maximum atomic E-state index is 12.8. The van der Waals surface area contributed by atoms with Gasteiger partial charge >= 0.3 is 0 Å². The Kier molecular flexibility index (Phi) is 7.00. The number of rotatable bonds is 7. The van der Waals surface area contributed by atoms with Crippen molar-refractivity contribution in [2.75, 3.05) is 19.7 Å². The van der Waals surface area contributed by atoms with E-state index in [2.05, 4.69) is 29.5 Å². The predicted octanol–water partition coefficient (Wildman–Crippen LogP) is 5.42. The topological polar surface area (TPSA) is 63.9 Å². The summed E-state index contributed by atoms with van der Waals surface area (Å²) in [7, 11) is -3.42. The van der Waals surface area contributed by atoms with Gasteiger partial charge in [0.25, 0.3) is 0 Å². The van der Waals surface area contributed by atoms with E-state index in [4.69, 9.17) is 4.74 Å². The molecular formula is C26H31N3O3S. The summed E-state index contributed by atoms with van der Waals surface area (Å²) in [6, 6.07) is 17.0. The highest BCUT2D eigenvalue weighted by atomic mass is 32.2. The third-order valence-electron chi connectivity index (χ3n) is 6.02. The van der Waals surface area contributed by atoms with E-state index < -0.39 is 10.0 Å². The number of benzene rings is 2. The lowest BCUT2D eigenvalue weighted by Gasteiger charge is -2.25. The normalized spacial score (nSPS) is 15.2. The fourth-order valence-electron chi connectivity index (χ4n) is 4.28. The summed E-state index contributed by atoms with van der Waals surface area (Å²) in [6.07, 6.45) is 4.79. The number of aromatic nitrogens is 1. The molecule has 0 atom stereocenters. The van der Waals surface area contributed by atoms with Crippen molar-refractivity contribution in [2.45, 2.75) is 44.9 Å². The quantitative estimate of drug-likeness (QED) is 0.438. The van der Waals surface area contributed by atoms with Crippen LogP contribution in [0.5, 0.6) is 5.75 Å². The lowest BCUT2D eigenvalue weighted by Crippen LogP contribution is -2.35. The fraction of sp³-hybridized carbons (Fsp3) is 0.346. The second-order valence-electron chi connectivity index (χ2n) is 8.31. The van der Waals surface area contributed by atoms with Crippen molar-refractivity contribution in [1.29, 1.82) is 0 Å². The molecule has 0 unspecified atom stereocenters. The van der Waals surface area contributed by atoms with Gasteiger partial charge in [-0.2, -0.15) is 4.31 Å². The molecule has 1 aromatic heterocycles. The largest absolute Gasteiger partial charge is 0.494 e. The molecular weight excluding hydrogens is 434 g/mol. The minimum Gasteiger partial charge on any atom is -0.494 e. The Labute approximate surface area is 196 Å². The average molecular weight is 466 g/mol. The first-order valence-electron chi connectivity index (χ1n) is 11.5. The second kappa shape index (κ2) is 9.93. The molecule has 174 valence electrons. The summed E-state index contributed by atoms with van der Waals surface area (Å²) < 4.78 is 35.0. The number of nitrogens with zero attached hydrogens (tertiary/aromatic N) is 3. The number of aryl methyl sites for hydroxylation is 1. The molecule has 0 bridgehead atoms. The number of aliphatic imine (C=N–C) groups is 1. The van der Waals surface area contributed by atoms with Gasteiger partial charge < -0.3 is 9.30 Å². The molecule has 2 heterocycles. The van der Waals surface area contributed by atoms with Gasteiger partial charge in [0.05, 0.1) is 17.2 Å². The predicted molar refractivity (Wildman–Crippen MR) is 133 cm³/mol. The SMILES string of the molecule is CCOc1ccc(-n2c(C)cc(C=Nc3ccc(S(=O)(=O)N4CCCCC4)cc3)c2C)cc1. The molecule has 1 saturated heterocycles. The van der Waals surface area contributed by atoms with E-state index in [1.807, 2.05) is 37.4 Å². The summed E-state index contributed by atoms with van der Waals surface area (Å²) in [5.41, 5.74) is 5.01. The van der Waals surface area contributed by atoms with Crippen LogP contribution in [0.3, 0.4) is 0 Å². The standard InChI is InChI=1S/C26H31N3O3S/c1-4-32-25-12-10-24(11-13-25)29-20(2)18-22(21(29)3)19-27-23-8-14-26(15-9-23)33(30,31)28-16-6-5-7-17-28/h8-15,18-19H,4-7,16-17H2,1-3H3. The third-order valence-corrected chi connectivity index (χ3v) is 7.93. The number of piperidine rings is 1. The van der Waals surface area contributed by atoms with Crippen LogP contribution < -0.4 is 4.74 Å². The zero-order valence-corrected chi connectivity index (χ0v) is 20.3. The van der Waals surface area contributed by atoms with Gasteiger partial charge in [-0.05, 0) is 88.2 Å². The first-order chi connectivity index (χ1) is 15.9. The van der Waals surface area contributed by atoms with Gasteiger partial charge in [-0.1, -0.05) is 6.42 Å². The van der Waals surface area contributed by atoms with E-state index in [9.17, 15) is 8.42 Å². The fourth-order valence-corrected chi connectivity index (χ4v) is 5.79. The first kappa shape index (κ1) is 23.3. The molecule has 0 saturated carbocycles. The van der Waals surface area contributed by atoms with E-state index in [0.717, 1.165) is 53.3 Å². The van der Waals surface area contributed by atoms with Crippen molar-refractivity contribution < 1.29 is 13.2 Å². The molecule has 0 N–H and O–H groups in total. The van der Waals surface area contributed by atoms with Gasteiger partial charge in [0.15, 0.2) is 0 Å². The molecule has 3 aromatic rings. The molecule has 33 heavy (non-hydrogen) atoms. The maximum absolute atomic E-state index is 12.8. The Balaban J connectivity index is 1.52. The van der Waals surface area contributed by atoms with Crippen LogP contribution in [0, 0.1) is 13.8 Å². The molecule has 2 aromatic carbocycles. The molecule has 0 spiro atoms. The minimum absolute atomic E-state index is 0.331. The van der Waals surface area contributed by atoms with Crippen molar-refractivity contribution in [3.8, 4) is 11.4 Å². The van der Waals surface area contributed by atoms with Gasteiger partial charge in [0.2, 0.25) is 10.0 Å². The van der Waals surface area contributed by atoms with Crippen LogP contribution in [0.2, 0.25) is 0 Å². The first-order valence-corrected chi connectivity index (χ1v) is 12.9. The Morgan fingerprint density at radius 1 is 0.970 bits per heavy atom. The van der Waals surface area contributed by atoms with Crippen molar-refractivity contribution in [1.82, 2.24) is 8.87 Å². The smallest absolute Gasteiger partial charge is 0.243 e. The number of ether oxygens (including phenoxy) is 1. The number of hydrogen-bond donors (Lipinski definition) is 0. The van der Waals surface area contributed by atoms with E-state index in [1.54, 1.807) is 28.6 Å². The molecule has 1 aliphatic rings. The van der Waals surface area contributed by atoms with Crippen LogP contribution in [0.1, 0.15) is 43.1 Å². The Morgan fingerprint density at radius 3 is 2.27 bits per heavy atom. The molecule has 1 aliphatic heterocycles. The monoisotopic (exact) mass is 465 g/mol. The molecule has 0 aliphatic carbocycles. The van der Waals surface area contributed by atoms with Crippen LogP contribution in [0.15, 0.2) is 64.5 Å². The lowest BCUT2D eigenvalue weighted by atomic mass is 10.2. The number of sulfonamides is 1. The molecule has 0 radical (unpaired) electrons. The van der Waals surface area contributed by atoms with Crippen LogP contribution in [0.4, 0.5) is 5.69 Å². The van der Waals surface area contributed by atoms with Gasteiger partial charge in [-0.25, -0.2) is 8.42 Å². The molecule has 0 amide bonds. The van der Waals surface area contributed by atoms with Crippen molar-refractivity contribution in [3.05, 3.63) is 71.5 Å². The Morgan fingerprint density at radius 2 is 1.64 bits per heavy atom. The van der Waals surface area contributed by atoms with Crippen LogP contribution in [0.25, 0.3) is 5.69 Å². The van der Waals surface area contributed by atoms with E-state index in [-0.39, 0.29) is 0 Å². The third kappa shape index (κ3) is 5.04. The van der Waals surface area contributed by atoms with Crippen LogP contribution in [-0.2, 0) is 10.0 Å². The minimum atomic E-state index is -3.42. The summed E-state index contributed by atoms with van der Waals surface area (Å²) in [5.74, 6) is 0.858. The van der Waals surface area contributed by atoms with Gasteiger partial charge in [-0.15, -0.1) is 0 Å². The summed E-state index contributed by atoms with van der Waals surface area (Å²) in [6.45, 7) is 7.96. The maximum Gasteiger partial charge on any atom is 0.243 e.